The van der Waals surface area contributed by atoms with E-state index in [1.54, 1.807) is 0 Å². The van der Waals surface area contributed by atoms with Crippen LogP contribution in [0.1, 0.15) is 61.0 Å². The molecule has 39 heavy (non-hydrogen) atoms. The first-order chi connectivity index (χ1) is 18.9. The summed E-state index contributed by atoms with van der Waals surface area (Å²) in [6.45, 7) is 5.02. The van der Waals surface area contributed by atoms with Gasteiger partial charge < -0.3 is 30.3 Å². The molecule has 2 amide bonds. The van der Waals surface area contributed by atoms with Gasteiger partial charge in [-0.25, -0.2) is 4.79 Å². The summed E-state index contributed by atoms with van der Waals surface area (Å²) < 4.78 is 12.9. The van der Waals surface area contributed by atoms with Crippen molar-refractivity contribution in [2.24, 2.45) is 0 Å². The highest BCUT2D eigenvalue weighted by Gasteiger charge is 2.34. The number of nitrogens with zero attached hydrogens (tertiary/aromatic N) is 1. The van der Waals surface area contributed by atoms with Crippen molar-refractivity contribution in [3.05, 3.63) is 101 Å². The molecule has 0 bridgehead atoms. The monoisotopic (exact) mass is 533 g/mol. The van der Waals surface area contributed by atoms with Gasteiger partial charge >= 0.3 is 6.03 Å². The first kappa shape index (κ1) is 28.7. The number of hydrogen-bond acceptors (Lipinski definition) is 6. The molecular weight excluding hydrogens is 494 g/mol. The lowest BCUT2D eigenvalue weighted by Crippen LogP contribution is -2.43. The third kappa shape index (κ3) is 7.65. The summed E-state index contributed by atoms with van der Waals surface area (Å²) in [7, 11) is 2.00. The maximum atomic E-state index is 11.9. The van der Waals surface area contributed by atoms with E-state index in [-0.39, 0.29) is 30.9 Å². The summed E-state index contributed by atoms with van der Waals surface area (Å²) in [6.07, 6.45) is -0.956. The van der Waals surface area contributed by atoms with E-state index < -0.39 is 12.4 Å². The van der Waals surface area contributed by atoms with Gasteiger partial charge in [-0.1, -0.05) is 66.7 Å². The smallest absolute Gasteiger partial charge is 0.319 e. The molecular formula is C31H39N3O5. The Morgan fingerprint density at radius 3 is 2.31 bits per heavy atom. The van der Waals surface area contributed by atoms with Crippen LogP contribution in [-0.4, -0.2) is 53.4 Å². The average molecular weight is 534 g/mol. The van der Waals surface area contributed by atoms with Gasteiger partial charge in [0.1, 0.15) is 0 Å². The lowest BCUT2D eigenvalue weighted by molar-refractivity contribution is -0.253. The van der Waals surface area contributed by atoms with Gasteiger partial charge in [-0.2, -0.15) is 0 Å². The van der Waals surface area contributed by atoms with Gasteiger partial charge in [-0.3, -0.25) is 4.90 Å². The minimum Gasteiger partial charge on any atom is -0.392 e. The van der Waals surface area contributed by atoms with Crippen LogP contribution in [0.25, 0.3) is 0 Å². The van der Waals surface area contributed by atoms with Gasteiger partial charge in [0.25, 0.3) is 0 Å². The number of aliphatic hydroxyl groups is 2. The minimum absolute atomic E-state index is 0.0107. The van der Waals surface area contributed by atoms with Crippen LogP contribution in [0, 0.1) is 0 Å². The molecule has 1 aliphatic rings. The van der Waals surface area contributed by atoms with E-state index in [4.69, 9.17) is 9.47 Å². The molecule has 0 spiro atoms. The zero-order valence-corrected chi connectivity index (χ0v) is 22.8. The number of benzene rings is 3. The van der Waals surface area contributed by atoms with Crippen LogP contribution in [0.15, 0.2) is 78.9 Å². The predicted molar refractivity (Wildman–Crippen MR) is 151 cm³/mol. The third-order valence-corrected chi connectivity index (χ3v) is 7.18. The highest BCUT2D eigenvalue weighted by atomic mass is 16.7. The number of carbonyl (C=O) groups excluding carboxylic acids is 1. The van der Waals surface area contributed by atoms with Crippen molar-refractivity contribution in [3.63, 3.8) is 0 Å². The van der Waals surface area contributed by atoms with Crippen molar-refractivity contribution in [3.8, 4) is 0 Å². The molecule has 3 aromatic carbocycles. The van der Waals surface area contributed by atoms with Crippen molar-refractivity contribution >= 4 is 11.7 Å². The maximum absolute atomic E-state index is 11.9. The third-order valence-electron chi connectivity index (χ3n) is 7.18. The number of hydrogen-bond donors (Lipinski definition) is 4. The summed E-state index contributed by atoms with van der Waals surface area (Å²) in [5.41, 5.74) is 4.26. The Bertz CT molecular complexity index is 1170. The number of rotatable bonds is 10. The Morgan fingerprint density at radius 2 is 1.67 bits per heavy atom. The van der Waals surface area contributed by atoms with E-state index in [0.717, 1.165) is 22.3 Å². The molecule has 1 aliphatic heterocycles. The van der Waals surface area contributed by atoms with Gasteiger partial charge in [0, 0.05) is 36.8 Å². The molecule has 0 aromatic heterocycles. The molecule has 1 fully saturated rings. The Balaban J connectivity index is 1.50. The van der Waals surface area contributed by atoms with Gasteiger partial charge in [-0.15, -0.1) is 0 Å². The fraction of sp³-hybridized carbons (Fsp3) is 0.387. The van der Waals surface area contributed by atoms with Crippen LogP contribution in [0.3, 0.4) is 0 Å². The minimum atomic E-state index is -0.626. The lowest BCUT2D eigenvalue weighted by atomic mass is 9.98. The molecule has 1 saturated heterocycles. The summed E-state index contributed by atoms with van der Waals surface area (Å²) in [6, 6.07) is 24.5. The molecule has 0 aliphatic carbocycles. The fourth-order valence-corrected chi connectivity index (χ4v) is 4.75. The number of amides is 2. The molecule has 5 unspecified atom stereocenters. The largest absolute Gasteiger partial charge is 0.392 e. The van der Waals surface area contributed by atoms with E-state index >= 15 is 0 Å². The molecule has 208 valence electrons. The van der Waals surface area contributed by atoms with E-state index in [9.17, 15) is 15.0 Å². The second-order valence-electron chi connectivity index (χ2n) is 9.99. The van der Waals surface area contributed by atoms with Crippen LogP contribution in [-0.2, 0) is 16.1 Å². The van der Waals surface area contributed by atoms with Crippen LogP contribution < -0.4 is 10.6 Å². The highest BCUT2D eigenvalue weighted by Crippen LogP contribution is 2.38. The van der Waals surface area contributed by atoms with Crippen LogP contribution in [0.2, 0.25) is 0 Å². The summed E-state index contributed by atoms with van der Waals surface area (Å²) in [4.78, 5) is 14.0. The standard InChI is InChI=1S/C31H39N3O5/c1-4-32-31(37)33-26-16-14-25(15-17-26)30-38-27(18-28(39-30)23-12-10-22(20-35)11-13-23)19-34(3)21(2)29(36)24-8-6-5-7-9-24/h5-17,21,27-30,35-36H,4,18-20H2,1-3H3,(H2,32,33,37). The molecule has 4 N–H and O–H groups in total. The number of nitrogens with one attached hydrogen (secondary N) is 2. The number of ether oxygens (including phenoxy) is 2. The van der Waals surface area contributed by atoms with Crippen LogP contribution in [0.5, 0.6) is 0 Å². The molecule has 8 nitrogen and oxygen atoms in total. The van der Waals surface area contributed by atoms with Gasteiger partial charge in [0.05, 0.1) is 24.9 Å². The number of aliphatic hydroxyl groups excluding tert-OH is 2. The quantitative estimate of drug-likeness (QED) is 0.295. The van der Waals surface area contributed by atoms with Crippen molar-refractivity contribution < 1.29 is 24.5 Å². The van der Waals surface area contributed by atoms with E-state index in [0.29, 0.717) is 25.2 Å². The first-order valence-corrected chi connectivity index (χ1v) is 13.5. The van der Waals surface area contributed by atoms with Gasteiger partial charge in [0.2, 0.25) is 0 Å². The summed E-state index contributed by atoms with van der Waals surface area (Å²) >= 11 is 0. The Morgan fingerprint density at radius 1 is 1.00 bits per heavy atom. The molecule has 0 radical (unpaired) electrons. The average Bonchev–Trinajstić information content (AvgIpc) is 2.97. The molecule has 0 saturated carbocycles. The predicted octanol–water partition coefficient (Wildman–Crippen LogP) is 4.92. The maximum Gasteiger partial charge on any atom is 0.319 e. The highest BCUT2D eigenvalue weighted by molar-refractivity contribution is 5.89. The number of anilines is 1. The topological polar surface area (TPSA) is 103 Å². The number of carbonyl (C=O) groups is 1. The molecule has 1 heterocycles. The van der Waals surface area contributed by atoms with Crippen molar-refractivity contribution in [1.29, 1.82) is 0 Å². The van der Waals surface area contributed by atoms with E-state index in [1.807, 2.05) is 99.8 Å². The number of urea groups is 1. The van der Waals surface area contributed by atoms with Gasteiger partial charge in [-0.05, 0) is 49.7 Å². The first-order valence-electron chi connectivity index (χ1n) is 13.5. The van der Waals surface area contributed by atoms with E-state index in [1.165, 1.54) is 0 Å². The number of likely N-dealkylation sites (N-methyl/N-ethyl adjacent to an activating group) is 1. The summed E-state index contributed by atoms with van der Waals surface area (Å²) in [5, 5.41) is 25.9. The van der Waals surface area contributed by atoms with Crippen molar-refractivity contribution in [2.45, 2.75) is 57.5 Å². The fourth-order valence-electron chi connectivity index (χ4n) is 4.75. The Labute approximate surface area is 230 Å². The van der Waals surface area contributed by atoms with Crippen molar-refractivity contribution in [1.82, 2.24) is 10.2 Å². The second kappa shape index (κ2) is 13.7. The second-order valence-corrected chi connectivity index (χ2v) is 9.99. The Hall–Kier alpha value is -3.27. The van der Waals surface area contributed by atoms with Gasteiger partial charge in [0.15, 0.2) is 6.29 Å². The lowest BCUT2D eigenvalue weighted by Gasteiger charge is -2.39. The van der Waals surface area contributed by atoms with Crippen molar-refractivity contribution in [2.75, 3.05) is 25.5 Å². The molecule has 3 aromatic rings. The zero-order valence-electron chi connectivity index (χ0n) is 22.8. The van der Waals surface area contributed by atoms with Crippen LogP contribution in [0.4, 0.5) is 10.5 Å². The molecule has 4 rings (SSSR count). The van der Waals surface area contributed by atoms with E-state index in [2.05, 4.69) is 15.5 Å². The SMILES string of the molecule is CCNC(=O)Nc1ccc(C2OC(CN(C)C(C)C(O)c3ccccc3)CC(c3ccc(CO)cc3)O2)cc1. The normalized spacial score (nSPS) is 20.8. The Kier molecular flexibility index (Phi) is 10.1. The molecule has 8 heteroatoms. The zero-order chi connectivity index (χ0) is 27.8. The van der Waals surface area contributed by atoms with Crippen LogP contribution >= 0.6 is 0 Å². The summed E-state index contributed by atoms with van der Waals surface area (Å²) in [5.74, 6) is 0. The molecule has 5 atom stereocenters.